The zero-order valence-electron chi connectivity index (χ0n) is 15.6. The third kappa shape index (κ3) is 5.64. The number of H-pyrrole nitrogens is 1. The van der Waals surface area contributed by atoms with Crippen LogP contribution in [0, 0.1) is 0 Å². The molecule has 0 aliphatic carbocycles. The molecule has 154 valence electrons. The molecule has 10 heteroatoms. The molecule has 10 nitrogen and oxygen atoms in total. The van der Waals surface area contributed by atoms with Gasteiger partial charge in [-0.3, -0.25) is 19.2 Å². The van der Waals surface area contributed by atoms with Crippen molar-refractivity contribution in [3.05, 3.63) is 35.5 Å². The number of aldehydes is 1. The van der Waals surface area contributed by atoms with Crippen LogP contribution in [0.15, 0.2) is 24.3 Å². The SMILES string of the molecule is C[C@H](NC(=O)c1[nH]c2ccccc2c1CCC(=O)O)C(=O)N[C@H](C=O)CC(=O)O. The number of amides is 2. The maximum absolute atomic E-state index is 12.7. The molecule has 0 spiro atoms. The number of carbonyl (C=O) groups is 5. The van der Waals surface area contributed by atoms with E-state index in [9.17, 15) is 24.0 Å². The lowest BCUT2D eigenvalue weighted by molar-refractivity contribution is -0.139. The van der Waals surface area contributed by atoms with E-state index in [1.54, 1.807) is 24.3 Å². The van der Waals surface area contributed by atoms with Gasteiger partial charge in [-0.05, 0) is 25.0 Å². The predicted molar refractivity (Wildman–Crippen MR) is 101 cm³/mol. The van der Waals surface area contributed by atoms with Gasteiger partial charge in [0, 0.05) is 17.3 Å². The summed E-state index contributed by atoms with van der Waals surface area (Å²) in [4.78, 5) is 60.3. The van der Waals surface area contributed by atoms with Crippen molar-refractivity contribution in [2.24, 2.45) is 0 Å². The number of carboxylic acids is 2. The highest BCUT2D eigenvalue weighted by molar-refractivity contribution is 6.03. The van der Waals surface area contributed by atoms with Crippen molar-refractivity contribution in [2.45, 2.75) is 38.3 Å². The summed E-state index contributed by atoms with van der Waals surface area (Å²) in [6.07, 6.45) is -0.317. The average molecular weight is 403 g/mol. The fourth-order valence-electron chi connectivity index (χ4n) is 2.85. The summed E-state index contributed by atoms with van der Waals surface area (Å²) in [6.45, 7) is 1.38. The molecule has 0 aliphatic rings. The number of carbonyl (C=O) groups excluding carboxylic acids is 3. The summed E-state index contributed by atoms with van der Waals surface area (Å²) in [7, 11) is 0. The molecular formula is C19H21N3O7. The van der Waals surface area contributed by atoms with Crippen LogP contribution in [-0.2, 0) is 25.6 Å². The van der Waals surface area contributed by atoms with Gasteiger partial charge in [-0.2, -0.15) is 0 Å². The average Bonchev–Trinajstić information content (AvgIpc) is 3.04. The minimum atomic E-state index is -1.25. The predicted octanol–water partition coefficient (Wildman–Crippen LogP) is 0.462. The van der Waals surface area contributed by atoms with Crippen LogP contribution >= 0.6 is 0 Å². The monoisotopic (exact) mass is 403 g/mol. The first kappa shape index (κ1) is 21.6. The molecule has 2 aromatic rings. The third-order valence-electron chi connectivity index (χ3n) is 4.26. The number of aromatic nitrogens is 1. The van der Waals surface area contributed by atoms with E-state index in [0.717, 1.165) is 0 Å². The van der Waals surface area contributed by atoms with E-state index in [1.165, 1.54) is 6.92 Å². The molecule has 0 aliphatic heterocycles. The Morgan fingerprint density at radius 3 is 2.41 bits per heavy atom. The number of aryl methyl sites for hydroxylation is 1. The number of aliphatic carboxylic acids is 2. The maximum atomic E-state index is 12.7. The summed E-state index contributed by atoms with van der Waals surface area (Å²) in [5, 5.41) is 23.1. The van der Waals surface area contributed by atoms with Crippen LogP contribution in [-0.4, -0.2) is 57.3 Å². The Labute approximate surface area is 165 Å². The molecule has 5 N–H and O–H groups in total. The number of aromatic amines is 1. The lowest BCUT2D eigenvalue weighted by Gasteiger charge is -2.17. The first-order valence-electron chi connectivity index (χ1n) is 8.82. The summed E-state index contributed by atoms with van der Waals surface area (Å²) in [5.41, 5.74) is 1.31. The number of benzene rings is 1. The molecule has 0 saturated carbocycles. The van der Waals surface area contributed by atoms with Gasteiger partial charge >= 0.3 is 11.9 Å². The number of nitrogens with one attached hydrogen (secondary N) is 3. The zero-order valence-corrected chi connectivity index (χ0v) is 15.6. The number of rotatable bonds is 10. The molecule has 2 amide bonds. The van der Waals surface area contributed by atoms with Gasteiger partial charge in [-0.1, -0.05) is 18.2 Å². The van der Waals surface area contributed by atoms with Gasteiger partial charge in [0.25, 0.3) is 5.91 Å². The van der Waals surface area contributed by atoms with Crippen molar-refractivity contribution in [1.29, 1.82) is 0 Å². The summed E-state index contributed by atoms with van der Waals surface area (Å²) < 4.78 is 0. The smallest absolute Gasteiger partial charge is 0.305 e. The van der Waals surface area contributed by atoms with Crippen LogP contribution in [0.3, 0.4) is 0 Å². The zero-order chi connectivity index (χ0) is 21.6. The van der Waals surface area contributed by atoms with Gasteiger partial charge in [-0.15, -0.1) is 0 Å². The number of hydrogen-bond donors (Lipinski definition) is 5. The van der Waals surface area contributed by atoms with E-state index in [2.05, 4.69) is 15.6 Å². The Kier molecular flexibility index (Phi) is 7.07. The molecule has 1 heterocycles. The van der Waals surface area contributed by atoms with Gasteiger partial charge in [0.1, 0.15) is 18.0 Å². The fraction of sp³-hybridized carbons (Fsp3) is 0.316. The van der Waals surface area contributed by atoms with Crippen LogP contribution in [0.5, 0.6) is 0 Å². The largest absolute Gasteiger partial charge is 0.481 e. The molecule has 0 bridgehead atoms. The van der Waals surface area contributed by atoms with Crippen molar-refractivity contribution < 1.29 is 34.2 Å². The van der Waals surface area contributed by atoms with Crippen LogP contribution in [0.2, 0.25) is 0 Å². The second-order valence-electron chi connectivity index (χ2n) is 6.46. The standard InChI is InChI=1S/C19H21N3O7/c1-10(18(28)21-11(9-23)8-16(26)27)20-19(29)17-13(6-7-15(24)25)12-4-2-3-5-14(12)22-17/h2-5,9-11,22H,6-8H2,1H3,(H,20,29)(H,21,28)(H,24,25)(H,26,27)/t10-,11-/m0/s1. The number of fused-ring (bicyclic) bond motifs is 1. The van der Waals surface area contributed by atoms with E-state index >= 15 is 0 Å². The molecular weight excluding hydrogens is 382 g/mol. The Morgan fingerprint density at radius 2 is 1.79 bits per heavy atom. The number of hydrogen-bond acceptors (Lipinski definition) is 5. The van der Waals surface area contributed by atoms with E-state index in [1.807, 2.05) is 0 Å². The molecule has 0 radical (unpaired) electrons. The third-order valence-corrected chi connectivity index (χ3v) is 4.26. The number of carboxylic acid groups (broad SMARTS) is 2. The molecule has 2 atom stereocenters. The van der Waals surface area contributed by atoms with E-state index in [-0.39, 0.29) is 18.5 Å². The summed E-state index contributed by atoms with van der Waals surface area (Å²) in [5.74, 6) is -3.60. The minimum Gasteiger partial charge on any atom is -0.481 e. The molecule has 0 unspecified atom stereocenters. The van der Waals surface area contributed by atoms with Crippen LogP contribution in [0.25, 0.3) is 10.9 Å². The first-order chi connectivity index (χ1) is 13.7. The molecule has 29 heavy (non-hydrogen) atoms. The van der Waals surface area contributed by atoms with Gasteiger partial charge in [0.15, 0.2) is 0 Å². The Balaban J connectivity index is 2.16. The molecule has 1 aromatic carbocycles. The van der Waals surface area contributed by atoms with Gasteiger partial charge < -0.3 is 30.6 Å². The van der Waals surface area contributed by atoms with Crippen molar-refractivity contribution in [2.75, 3.05) is 0 Å². The molecule has 0 saturated heterocycles. The van der Waals surface area contributed by atoms with E-state index in [4.69, 9.17) is 10.2 Å². The highest BCUT2D eigenvalue weighted by Crippen LogP contribution is 2.24. The second-order valence-corrected chi connectivity index (χ2v) is 6.46. The summed E-state index contributed by atoms with van der Waals surface area (Å²) >= 11 is 0. The molecule has 1 aromatic heterocycles. The quantitative estimate of drug-likeness (QED) is 0.359. The normalized spacial score (nSPS) is 12.7. The van der Waals surface area contributed by atoms with Crippen LogP contribution in [0.1, 0.15) is 35.8 Å². The Hall–Kier alpha value is -3.69. The first-order valence-corrected chi connectivity index (χ1v) is 8.82. The van der Waals surface area contributed by atoms with Gasteiger partial charge in [0.2, 0.25) is 5.91 Å². The van der Waals surface area contributed by atoms with Gasteiger partial charge in [-0.25, -0.2) is 0 Å². The van der Waals surface area contributed by atoms with Crippen LogP contribution < -0.4 is 10.6 Å². The summed E-state index contributed by atoms with van der Waals surface area (Å²) in [6, 6.07) is 4.76. The van der Waals surface area contributed by atoms with Crippen molar-refractivity contribution in [1.82, 2.24) is 15.6 Å². The lowest BCUT2D eigenvalue weighted by atomic mass is 10.0. The van der Waals surface area contributed by atoms with E-state index in [0.29, 0.717) is 22.8 Å². The minimum absolute atomic E-state index is 0.120. The van der Waals surface area contributed by atoms with Crippen molar-refractivity contribution in [3.63, 3.8) is 0 Å². The van der Waals surface area contributed by atoms with Gasteiger partial charge in [0.05, 0.1) is 12.5 Å². The second kappa shape index (κ2) is 9.49. The topological polar surface area (TPSA) is 166 Å². The fourth-order valence-corrected chi connectivity index (χ4v) is 2.85. The Bertz CT molecular complexity index is 950. The van der Waals surface area contributed by atoms with Crippen molar-refractivity contribution in [3.8, 4) is 0 Å². The maximum Gasteiger partial charge on any atom is 0.305 e. The molecule has 2 rings (SSSR count). The van der Waals surface area contributed by atoms with E-state index < -0.39 is 42.3 Å². The number of para-hydroxylation sites is 1. The molecule has 0 fully saturated rings. The Morgan fingerprint density at radius 1 is 1.10 bits per heavy atom. The van der Waals surface area contributed by atoms with Crippen molar-refractivity contribution >= 4 is 40.9 Å². The lowest BCUT2D eigenvalue weighted by Crippen LogP contribution is -2.49. The highest BCUT2D eigenvalue weighted by Gasteiger charge is 2.24. The van der Waals surface area contributed by atoms with Crippen LogP contribution in [0.4, 0.5) is 0 Å². The highest BCUT2D eigenvalue weighted by atomic mass is 16.4.